The van der Waals surface area contributed by atoms with Crippen LogP contribution in [-0.2, 0) is 38.7 Å². The highest BCUT2D eigenvalue weighted by Gasteiger charge is 2.46. The fourth-order valence-electron chi connectivity index (χ4n) is 7.12. The second-order valence-corrected chi connectivity index (χ2v) is 17.9. The predicted octanol–water partition coefficient (Wildman–Crippen LogP) is 9.62. The highest BCUT2D eigenvalue weighted by atomic mass is 32.2. The monoisotopic (exact) mass is 861 g/mol. The fourth-order valence-corrected chi connectivity index (χ4v) is 7.81. The number of rotatable bonds is 39. The number of carbonyl (C=O) groups excluding carboxylic acids is 2. The first-order valence-electron chi connectivity index (χ1n) is 23.4. The van der Waals surface area contributed by atoms with E-state index in [9.17, 15) is 37.9 Å². The number of ether oxygens (including phenoxy) is 4. The van der Waals surface area contributed by atoms with Crippen LogP contribution in [0.15, 0.2) is 24.3 Å². The van der Waals surface area contributed by atoms with Gasteiger partial charge in [-0.3, -0.25) is 14.1 Å². The molecular formula is C46H84O12S. The van der Waals surface area contributed by atoms with Gasteiger partial charge in [0.2, 0.25) is 0 Å². The molecule has 1 rings (SSSR count). The summed E-state index contributed by atoms with van der Waals surface area (Å²) in [5.41, 5.74) is 0. The van der Waals surface area contributed by atoms with E-state index < -0.39 is 71.2 Å². The van der Waals surface area contributed by atoms with Gasteiger partial charge in [-0.05, 0) is 44.9 Å². The van der Waals surface area contributed by atoms with Crippen molar-refractivity contribution in [3.8, 4) is 0 Å². The van der Waals surface area contributed by atoms with Crippen molar-refractivity contribution in [1.82, 2.24) is 0 Å². The largest absolute Gasteiger partial charge is 0.462 e. The van der Waals surface area contributed by atoms with E-state index in [4.69, 9.17) is 18.9 Å². The van der Waals surface area contributed by atoms with E-state index in [-0.39, 0.29) is 19.4 Å². The summed E-state index contributed by atoms with van der Waals surface area (Å²) >= 11 is 0. The van der Waals surface area contributed by atoms with Crippen LogP contribution in [0.1, 0.15) is 200 Å². The molecule has 0 spiro atoms. The maximum absolute atomic E-state index is 12.8. The van der Waals surface area contributed by atoms with Crippen molar-refractivity contribution in [2.45, 2.75) is 237 Å². The minimum absolute atomic E-state index is 0.167. The van der Waals surface area contributed by atoms with Crippen molar-refractivity contribution in [2.75, 3.05) is 19.0 Å². The third-order valence-electron chi connectivity index (χ3n) is 10.8. The smallest absolute Gasteiger partial charge is 0.306 e. The Balaban J connectivity index is 2.42. The molecule has 0 radical (unpaired) electrons. The molecule has 1 aliphatic rings. The lowest BCUT2D eigenvalue weighted by atomic mass is 10.00. The highest BCUT2D eigenvalue weighted by molar-refractivity contribution is 7.85. The summed E-state index contributed by atoms with van der Waals surface area (Å²) in [5, 5.41) is 30.9. The fraction of sp³-hybridized carbons (Fsp3) is 0.870. The Labute approximate surface area is 358 Å². The summed E-state index contributed by atoms with van der Waals surface area (Å²) in [5.74, 6) is -1.98. The van der Waals surface area contributed by atoms with Gasteiger partial charge in [0.05, 0.1) is 6.61 Å². The zero-order valence-electron chi connectivity index (χ0n) is 36.9. The van der Waals surface area contributed by atoms with Gasteiger partial charge in [0, 0.05) is 12.8 Å². The standard InChI is InChI=1S/C46H84O12S/c1-3-5-7-9-11-13-15-17-19-20-21-23-24-26-28-30-32-34-41(47)55-36-39(37-56-46-45(51)44(50)43(49)40(58-46)38-59(52,53)54)57-42(48)35-33-31-29-27-25-22-18-16-14-12-10-8-6-4-2/h11,13,17,19,39-40,43-46,49-51H,3-10,12,14-16,18,20-38H2,1-2H3,(H,52,53,54)/b13-11+,19-17+/t39-,40-,43-,44?,45?,46+/m1/s1. The van der Waals surface area contributed by atoms with Crippen LogP contribution >= 0.6 is 0 Å². The Morgan fingerprint density at radius 2 is 1.02 bits per heavy atom. The molecule has 6 atom stereocenters. The van der Waals surface area contributed by atoms with Crippen LogP contribution in [0.2, 0.25) is 0 Å². The van der Waals surface area contributed by atoms with E-state index in [1.165, 1.54) is 103 Å². The van der Waals surface area contributed by atoms with E-state index in [1.54, 1.807) is 0 Å². The minimum atomic E-state index is -4.60. The number of aliphatic hydroxyl groups excluding tert-OH is 3. The lowest BCUT2D eigenvalue weighted by molar-refractivity contribution is -0.297. The summed E-state index contributed by atoms with van der Waals surface area (Å²) in [7, 11) is -4.60. The average Bonchev–Trinajstić information content (AvgIpc) is 3.20. The predicted molar refractivity (Wildman–Crippen MR) is 233 cm³/mol. The summed E-state index contributed by atoms with van der Waals surface area (Å²) in [6.45, 7) is 3.74. The lowest BCUT2D eigenvalue weighted by Crippen LogP contribution is -2.60. The van der Waals surface area contributed by atoms with Crippen LogP contribution in [0.3, 0.4) is 0 Å². The normalized spacial score (nSPS) is 20.4. The van der Waals surface area contributed by atoms with Crippen LogP contribution in [0.4, 0.5) is 0 Å². The third-order valence-corrected chi connectivity index (χ3v) is 11.5. The molecule has 4 N–H and O–H groups in total. The zero-order valence-corrected chi connectivity index (χ0v) is 37.7. The number of hydrogen-bond donors (Lipinski definition) is 4. The van der Waals surface area contributed by atoms with Crippen molar-refractivity contribution >= 4 is 22.1 Å². The summed E-state index contributed by atoms with van der Waals surface area (Å²) in [6, 6.07) is 0. The molecule has 13 heteroatoms. The van der Waals surface area contributed by atoms with E-state index in [2.05, 4.69) is 38.2 Å². The van der Waals surface area contributed by atoms with Crippen LogP contribution in [0.5, 0.6) is 0 Å². The Bertz CT molecular complexity index is 1190. The van der Waals surface area contributed by atoms with Crippen molar-refractivity contribution in [3.05, 3.63) is 24.3 Å². The van der Waals surface area contributed by atoms with E-state index in [0.29, 0.717) is 12.8 Å². The molecule has 1 heterocycles. The average molecular weight is 861 g/mol. The minimum Gasteiger partial charge on any atom is -0.462 e. The number of unbranched alkanes of at least 4 members (excludes halogenated alkanes) is 23. The molecule has 0 saturated carbocycles. The molecule has 59 heavy (non-hydrogen) atoms. The SMILES string of the molecule is CCCCC/C=C/C/C=C/CCCCCCCCCC(=O)OC[C@H](CO[C@H]1O[C@H](CS(=O)(=O)O)[C@@H](O)C(O)C1O)OC(=O)CCCCCCCCCCCCCCCC. The van der Waals surface area contributed by atoms with Crippen LogP contribution in [-0.4, -0.2) is 96.0 Å². The van der Waals surface area contributed by atoms with Crippen LogP contribution < -0.4 is 0 Å². The first-order chi connectivity index (χ1) is 28.5. The summed E-state index contributed by atoms with van der Waals surface area (Å²) < 4.78 is 54.1. The molecule has 0 aromatic rings. The quantitative estimate of drug-likeness (QED) is 0.0199. The lowest BCUT2D eigenvalue weighted by Gasteiger charge is -2.40. The maximum Gasteiger partial charge on any atom is 0.306 e. The van der Waals surface area contributed by atoms with Gasteiger partial charge >= 0.3 is 11.9 Å². The molecular weight excluding hydrogens is 777 g/mol. The van der Waals surface area contributed by atoms with Gasteiger partial charge in [-0.2, -0.15) is 8.42 Å². The van der Waals surface area contributed by atoms with E-state index in [1.807, 2.05) is 0 Å². The Kier molecular flexibility index (Phi) is 34.4. The van der Waals surface area contributed by atoms with Gasteiger partial charge in [-0.25, -0.2) is 0 Å². The van der Waals surface area contributed by atoms with Crippen molar-refractivity contribution in [1.29, 1.82) is 0 Å². The van der Waals surface area contributed by atoms with Crippen LogP contribution in [0.25, 0.3) is 0 Å². The summed E-state index contributed by atoms with van der Waals surface area (Å²) in [6.07, 6.45) is 30.7. The number of hydrogen-bond acceptors (Lipinski definition) is 11. The zero-order chi connectivity index (χ0) is 43.4. The first kappa shape index (κ1) is 55.1. The number of aliphatic hydroxyl groups is 3. The van der Waals surface area contributed by atoms with Crippen molar-refractivity contribution in [3.63, 3.8) is 0 Å². The van der Waals surface area contributed by atoms with E-state index >= 15 is 0 Å². The molecule has 346 valence electrons. The van der Waals surface area contributed by atoms with Gasteiger partial charge in [0.1, 0.15) is 36.8 Å². The molecule has 0 aliphatic carbocycles. The van der Waals surface area contributed by atoms with Gasteiger partial charge in [0.25, 0.3) is 10.1 Å². The molecule has 12 nitrogen and oxygen atoms in total. The Morgan fingerprint density at radius 3 is 1.53 bits per heavy atom. The Morgan fingerprint density at radius 1 is 0.576 bits per heavy atom. The summed E-state index contributed by atoms with van der Waals surface area (Å²) in [4.78, 5) is 25.4. The second kappa shape index (κ2) is 36.8. The van der Waals surface area contributed by atoms with Crippen molar-refractivity contribution < 1.29 is 56.8 Å². The first-order valence-corrected chi connectivity index (χ1v) is 25.0. The van der Waals surface area contributed by atoms with Crippen LogP contribution in [0, 0.1) is 0 Å². The molecule has 0 amide bonds. The molecule has 1 aliphatic heterocycles. The molecule has 2 unspecified atom stereocenters. The molecule has 0 aromatic carbocycles. The second-order valence-electron chi connectivity index (χ2n) is 16.4. The van der Waals surface area contributed by atoms with Gasteiger partial charge in [0.15, 0.2) is 12.4 Å². The number of allylic oxidation sites excluding steroid dienone is 4. The molecule has 0 bridgehead atoms. The Hall–Kier alpha value is -1.87. The molecule has 0 aromatic heterocycles. The topological polar surface area (TPSA) is 186 Å². The molecule has 1 fully saturated rings. The van der Waals surface area contributed by atoms with Gasteiger partial charge < -0.3 is 34.3 Å². The number of carbonyl (C=O) groups is 2. The van der Waals surface area contributed by atoms with Crippen molar-refractivity contribution in [2.24, 2.45) is 0 Å². The van der Waals surface area contributed by atoms with Gasteiger partial charge in [-0.1, -0.05) is 167 Å². The van der Waals surface area contributed by atoms with Gasteiger partial charge in [-0.15, -0.1) is 0 Å². The number of esters is 2. The third kappa shape index (κ3) is 31.6. The maximum atomic E-state index is 12.8. The molecule has 1 saturated heterocycles. The van der Waals surface area contributed by atoms with E-state index in [0.717, 1.165) is 57.8 Å². The highest BCUT2D eigenvalue weighted by Crippen LogP contribution is 2.24.